The van der Waals surface area contributed by atoms with E-state index >= 15 is 0 Å². The summed E-state index contributed by atoms with van der Waals surface area (Å²) < 4.78 is 67.6. The minimum Gasteiger partial charge on any atom is -0.479 e. The number of hydrogen-bond acceptors (Lipinski definition) is 4. The lowest BCUT2D eigenvalue weighted by Crippen LogP contribution is -2.19. The molecule has 0 aliphatic heterocycles. The van der Waals surface area contributed by atoms with Crippen molar-refractivity contribution < 1.29 is 46.4 Å². The number of alkyl halides is 5. The first-order valence-corrected chi connectivity index (χ1v) is 4.85. The van der Waals surface area contributed by atoms with Crippen LogP contribution in [0.5, 0.6) is 11.5 Å². The van der Waals surface area contributed by atoms with Crippen molar-refractivity contribution in [2.45, 2.75) is 19.1 Å². The van der Waals surface area contributed by atoms with Gasteiger partial charge in [-0.2, -0.15) is 8.78 Å². The number of benzene rings is 1. The lowest BCUT2D eigenvalue weighted by molar-refractivity contribution is -0.275. The fourth-order valence-electron chi connectivity index (χ4n) is 1.24. The van der Waals surface area contributed by atoms with E-state index in [9.17, 15) is 26.7 Å². The zero-order valence-corrected chi connectivity index (χ0v) is 9.40. The van der Waals surface area contributed by atoms with Crippen LogP contribution in [0.15, 0.2) is 18.2 Å². The van der Waals surface area contributed by atoms with Crippen LogP contribution in [-0.4, -0.2) is 29.2 Å². The number of rotatable bonds is 5. The van der Waals surface area contributed by atoms with Crippen LogP contribution in [0.2, 0.25) is 0 Å². The molecule has 0 heterocycles. The standard InChI is InChI=1S/C10H7F5O5/c11-9(12)19-5-2-1-4(7(16)8(17)18)3-6(5)20-10(13,14)15/h1-3,7,9,16H,(H,17,18). The molecule has 0 bridgehead atoms. The zero-order chi connectivity index (χ0) is 15.5. The highest BCUT2D eigenvalue weighted by molar-refractivity contribution is 5.74. The van der Waals surface area contributed by atoms with E-state index in [1.54, 1.807) is 0 Å². The van der Waals surface area contributed by atoms with E-state index in [4.69, 9.17) is 10.2 Å². The molecular formula is C10H7F5O5. The summed E-state index contributed by atoms with van der Waals surface area (Å²) >= 11 is 0. The Kier molecular flexibility index (Phi) is 4.71. The van der Waals surface area contributed by atoms with Gasteiger partial charge in [-0.1, -0.05) is 6.07 Å². The van der Waals surface area contributed by atoms with Gasteiger partial charge in [-0.3, -0.25) is 0 Å². The van der Waals surface area contributed by atoms with Gasteiger partial charge in [-0.15, -0.1) is 13.2 Å². The van der Waals surface area contributed by atoms with E-state index in [0.29, 0.717) is 12.1 Å². The summed E-state index contributed by atoms with van der Waals surface area (Å²) in [6, 6.07) is 1.90. The van der Waals surface area contributed by atoms with E-state index in [1.807, 2.05) is 0 Å². The molecule has 1 atom stereocenters. The molecule has 0 spiro atoms. The van der Waals surface area contributed by atoms with Crippen LogP contribution in [0.3, 0.4) is 0 Å². The number of carboxylic acid groups (broad SMARTS) is 1. The van der Waals surface area contributed by atoms with Crippen molar-refractivity contribution in [3.63, 3.8) is 0 Å². The third-order valence-electron chi connectivity index (χ3n) is 1.96. The maximum Gasteiger partial charge on any atom is 0.573 e. The van der Waals surface area contributed by atoms with Gasteiger partial charge in [0.1, 0.15) is 0 Å². The minimum absolute atomic E-state index is 0.448. The van der Waals surface area contributed by atoms with E-state index < -0.39 is 42.1 Å². The normalized spacial score (nSPS) is 13.2. The molecule has 0 aromatic heterocycles. The molecule has 20 heavy (non-hydrogen) atoms. The molecule has 1 aromatic carbocycles. The first-order valence-electron chi connectivity index (χ1n) is 4.85. The predicted molar refractivity (Wildman–Crippen MR) is 52.4 cm³/mol. The van der Waals surface area contributed by atoms with Gasteiger partial charge in [0, 0.05) is 0 Å². The van der Waals surface area contributed by atoms with Gasteiger partial charge < -0.3 is 19.7 Å². The second-order valence-electron chi connectivity index (χ2n) is 3.37. The third kappa shape index (κ3) is 4.53. The Morgan fingerprint density at radius 2 is 1.80 bits per heavy atom. The first-order chi connectivity index (χ1) is 9.10. The van der Waals surface area contributed by atoms with Crippen LogP contribution < -0.4 is 9.47 Å². The fourth-order valence-corrected chi connectivity index (χ4v) is 1.24. The second-order valence-corrected chi connectivity index (χ2v) is 3.37. The number of carbonyl (C=O) groups is 1. The van der Waals surface area contributed by atoms with Crippen molar-refractivity contribution in [3.8, 4) is 11.5 Å². The van der Waals surface area contributed by atoms with Crippen molar-refractivity contribution in [1.82, 2.24) is 0 Å². The summed E-state index contributed by atoms with van der Waals surface area (Å²) in [5, 5.41) is 17.7. The molecule has 1 unspecified atom stereocenters. The molecule has 112 valence electrons. The Balaban J connectivity index is 3.17. The molecule has 5 nitrogen and oxygen atoms in total. The topological polar surface area (TPSA) is 76.0 Å². The molecule has 0 aliphatic rings. The Labute approximate surface area is 108 Å². The fraction of sp³-hybridized carbons (Fsp3) is 0.300. The number of halogens is 5. The SMILES string of the molecule is O=C(O)C(O)c1ccc(OC(F)F)c(OC(F)(F)F)c1. The monoisotopic (exact) mass is 302 g/mol. The Bertz CT molecular complexity index is 487. The van der Waals surface area contributed by atoms with Crippen LogP contribution in [-0.2, 0) is 4.79 Å². The molecule has 0 saturated heterocycles. The summed E-state index contributed by atoms with van der Waals surface area (Å²) in [5.41, 5.74) is -0.488. The number of ether oxygens (including phenoxy) is 2. The Morgan fingerprint density at radius 1 is 1.20 bits per heavy atom. The van der Waals surface area contributed by atoms with Crippen LogP contribution in [0.25, 0.3) is 0 Å². The van der Waals surface area contributed by atoms with Gasteiger partial charge in [0.15, 0.2) is 17.6 Å². The largest absolute Gasteiger partial charge is 0.573 e. The van der Waals surface area contributed by atoms with E-state index in [0.717, 1.165) is 6.07 Å². The van der Waals surface area contributed by atoms with Gasteiger partial charge in [0.05, 0.1) is 0 Å². The van der Waals surface area contributed by atoms with E-state index in [-0.39, 0.29) is 0 Å². The van der Waals surface area contributed by atoms with Crippen LogP contribution in [0.1, 0.15) is 11.7 Å². The van der Waals surface area contributed by atoms with Gasteiger partial charge in [-0.05, 0) is 17.7 Å². The predicted octanol–water partition coefficient (Wildman–Crippen LogP) is 2.30. The Morgan fingerprint density at radius 3 is 2.25 bits per heavy atom. The van der Waals surface area contributed by atoms with Crippen LogP contribution in [0, 0.1) is 0 Å². The van der Waals surface area contributed by atoms with E-state index in [2.05, 4.69) is 9.47 Å². The number of aliphatic carboxylic acids is 1. The molecule has 0 amide bonds. The molecule has 0 saturated carbocycles. The number of hydrogen-bond donors (Lipinski definition) is 2. The van der Waals surface area contributed by atoms with Crippen LogP contribution in [0.4, 0.5) is 22.0 Å². The highest BCUT2D eigenvalue weighted by Gasteiger charge is 2.33. The smallest absolute Gasteiger partial charge is 0.479 e. The van der Waals surface area contributed by atoms with Crippen LogP contribution >= 0.6 is 0 Å². The average Bonchev–Trinajstić information content (AvgIpc) is 2.27. The lowest BCUT2D eigenvalue weighted by Gasteiger charge is -2.15. The number of aliphatic hydroxyl groups is 1. The maximum atomic E-state index is 12.1. The highest BCUT2D eigenvalue weighted by atomic mass is 19.4. The zero-order valence-electron chi connectivity index (χ0n) is 9.40. The number of carboxylic acids is 1. The molecule has 0 fully saturated rings. The molecule has 2 N–H and O–H groups in total. The average molecular weight is 302 g/mol. The van der Waals surface area contributed by atoms with Crippen molar-refractivity contribution in [3.05, 3.63) is 23.8 Å². The molecule has 0 radical (unpaired) electrons. The molecule has 0 aliphatic carbocycles. The number of aliphatic hydroxyl groups excluding tert-OH is 1. The van der Waals surface area contributed by atoms with Crippen molar-refractivity contribution in [2.75, 3.05) is 0 Å². The van der Waals surface area contributed by atoms with Gasteiger partial charge >= 0.3 is 18.9 Å². The lowest BCUT2D eigenvalue weighted by atomic mass is 10.1. The summed E-state index contributed by atoms with van der Waals surface area (Å²) in [4.78, 5) is 10.5. The summed E-state index contributed by atoms with van der Waals surface area (Å²) in [6.45, 7) is -3.40. The van der Waals surface area contributed by atoms with Gasteiger partial charge in [0.25, 0.3) is 0 Å². The highest BCUT2D eigenvalue weighted by Crippen LogP contribution is 2.35. The third-order valence-corrected chi connectivity index (χ3v) is 1.96. The van der Waals surface area contributed by atoms with Crippen molar-refractivity contribution in [1.29, 1.82) is 0 Å². The minimum atomic E-state index is -5.20. The van der Waals surface area contributed by atoms with Gasteiger partial charge in [0.2, 0.25) is 0 Å². The van der Waals surface area contributed by atoms with E-state index in [1.165, 1.54) is 0 Å². The molecule has 1 rings (SSSR count). The molecular weight excluding hydrogens is 295 g/mol. The quantitative estimate of drug-likeness (QED) is 0.816. The van der Waals surface area contributed by atoms with Gasteiger partial charge in [-0.25, -0.2) is 4.79 Å². The Hall–Kier alpha value is -2.10. The van der Waals surface area contributed by atoms with Crippen molar-refractivity contribution >= 4 is 5.97 Å². The summed E-state index contributed by atoms with van der Waals surface area (Å²) in [6.07, 6.45) is -7.33. The first kappa shape index (κ1) is 16.0. The summed E-state index contributed by atoms with van der Waals surface area (Å²) in [7, 11) is 0. The summed E-state index contributed by atoms with van der Waals surface area (Å²) in [5.74, 6) is -3.86. The second kappa shape index (κ2) is 5.90. The molecule has 1 aromatic rings. The van der Waals surface area contributed by atoms with Crippen molar-refractivity contribution in [2.24, 2.45) is 0 Å². The maximum absolute atomic E-state index is 12.1. The molecule has 10 heteroatoms.